The van der Waals surface area contributed by atoms with Crippen LogP contribution in [0.1, 0.15) is 38.4 Å². The summed E-state index contributed by atoms with van der Waals surface area (Å²) in [4.78, 5) is 25.1. The maximum atomic E-state index is 12.8. The van der Waals surface area contributed by atoms with Crippen LogP contribution in [0.2, 0.25) is 0 Å². The highest BCUT2D eigenvalue weighted by Crippen LogP contribution is 2.65. The first-order valence-electron chi connectivity index (χ1n) is 8.86. The van der Waals surface area contributed by atoms with E-state index in [0.29, 0.717) is 18.4 Å². The Hall–Kier alpha value is -2.34. The van der Waals surface area contributed by atoms with Gasteiger partial charge in [-0.05, 0) is 31.1 Å². The van der Waals surface area contributed by atoms with Crippen LogP contribution in [0.15, 0.2) is 46.8 Å². The highest BCUT2D eigenvalue weighted by atomic mass is 16.6. The minimum atomic E-state index is -1.68. The zero-order valence-electron chi connectivity index (χ0n) is 14.6. The van der Waals surface area contributed by atoms with Crippen molar-refractivity contribution in [3.05, 3.63) is 48.0 Å². The second kappa shape index (κ2) is 4.68. The topological polar surface area (TPSA) is 86.0 Å². The number of hydrogen-bond acceptors (Lipinski definition) is 6. The molecule has 6 rings (SSSR count). The van der Waals surface area contributed by atoms with Gasteiger partial charge in [-0.25, -0.2) is 9.59 Å². The van der Waals surface area contributed by atoms with Crippen molar-refractivity contribution in [2.75, 3.05) is 0 Å². The number of carbonyl (C=O) groups is 2. The lowest BCUT2D eigenvalue weighted by atomic mass is 9.45. The molecule has 3 aliphatic heterocycles. The molecular weight excluding hydrogens is 336 g/mol. The molecule has 6 nitrogen and oxygen atoms in total. The molecule has 0 aromatic carbocycles. The average molecular weight is 356 g/mol. The Balaban J connectivity index is 1.65. The van der Waals surface area contributed by atoms with Gasteiger partial charge in [-0.3, -0.25) is 0 Å². The number of ether oxygens (including phenoxy) is 2. The second-order valence-electron chi connectivity index (χ2n) is 8.28. The van der Waals surface area contributed by atoms with Crippen molar-refractivity contribution in [1.29, 1.82) is 0 Å². The largest absolute Gasteiger partial charge is 0.472 e. The van der Waals surface area contributed by atoms with Crippen LogP contribution in [0.3, 0.4) is 0 Å². The number of carbonyl (C=O) groups excluding carboxylic acids is 2. The standard InChI is InChI=1S/C20H20O6/c1-18-9-14(11-5-8-24-10-11)25-16(21)12(18)3-6-19(2)15(18)13-4-7-20(19,23)17(22)26-13/h3-5,7-8,10,13-15,23H,6,9H2,1-2H3/t13-,14-,15+,18-,19-,20+/m0/s1. The van der Waals surface area contributed by atoms with Crippen LogP contribution >= 0.6 is 0 Å². The summed E-state index contributed by atoms with van der Waals surface area (Å²) in [6, 6.07) is 1.79. The van der Waals surface area contributed by atoms with E-state index >= 15 is 0 Å². The number of fused-ring (bicyclic) bond motifs is 2. The van der Waals surface area contributed by atoms with Gasteiger partial charge in [-0.1, -0.05) is 19.9 Å². The van der Waals surface area contributed by atoms with Gasteiger partial charge < -0.3 is 19.0 Å². The van der Waals surface area contributed by atoms with E-state index in [1.807, 2.05) is 19.9 Å². The van der Waals surface area contributed by atoms with Crippen LogP contribution in [0.25, 0.3) is 0 Å². The summed E-state index contributed by atoms with van der Waals surface area (Å²) in [6.07, 6.45) is 8.36. The van der Waals surface area contributed by atoms with E-state index in [2.05, 4.69) is 0 Å². The first-order valence-corrected chi connectivity index (χ1v) is 8.86. The van der Waals surface area contributed by atoms with Crippen LogP contribution in [-0.2, 0) is 19.1 Å². The molecule has 2 bridgehead atoms. The third-order valence-electron chi connectivity index (χ3n) is 6.99. The molecule has 2 saturated heterocycles. The Morgan fingerprint density at radius 3 is 2.73 bits per heavy atom. The number of aliphatic hydroxyl groups is 1. The van der Waals surface area contributed by atoms with E-state index in [1.54, 1.807) is 30.7 Å². The monoisotopic (exact) mass is 356 g/mol. The van der Waals surface area contributed by atoms with Gasteiger partial charge in [0.15, 0.2) is 5.60 Å². The van der Waals surface area contributed by atoms with Gasteiger partial charge in [-0.15, -0.1) is 0 Å². The fraction of sp³-hybridized carbons (Fsp3) is 0.500. The number of allylic oxidation sites excluding steroid dienone is 1. The molecule has 0 amide bonds. The first kappa shape index (κ1) is 15.9. The highest BCUT2D eigenvalue weighted by Gasteiger charge is 2.71. The van der Waals surface area contributed by atoms with Crippen LogP contribution in [0, 0.1) is 16.7 Å². The fourth-order valence-corrected chi connectivity index (χ4v) is 5.64. The zero-order chi connectivity index (χ0) is 18.3. The summed E-state index contributed by atoms with van der Waals surface area (Å²) in [5, 5.41) is 11.1. The van der Waals surface area contributed by atoms with Crippen molar-refractivity contribution < 1.29 is 28.6 Å². The first-order chi connectivity index (χ1) is 12.3. The lowest BCUT2D eigenvalue weighted by molar-refractivity contribution is -0.232. The lowest BCUT2D eigenvalue weighted by Crippen LogP contribution is -2.70. The van der Waals surface area contributed by atoms with Crippen molar-refractivity contribution in [2.24, 2.45) is 16.7 Å². The van der Waals surface area contributed by atoms with E-state index in [4.69, 9.17) is 13.9 Å². The quantitative estimate of drug-likeness (QED) is 0.614. The fourth-order valence-electron chi connectivity index (χ4n) is 5.64. The number of hydrogen-bond donors (Lipinski definition) is 1. The number of furan rings is 1. The molecule has 1 aromatic heterocycles. The Kier molecular flexibility index (Phi) is 2.86. The zero-order valence-corrected chi connectivity index (χ0v) is 14.6. The number of rotatable bonds is 1. The van der Waals surface area contributed by atoms with Gasteiger partial charge in [0, 0.05) is 27.9 Å². The van der Waals surface area contributed by atoms with E-state index in [9.17, 15) is 14.7 Å². The molecule has 5 aliphatic rings. The molecule has 0 unspecified atom stereocenters. The van der Waals surface area contributed by atoms with Gasteiger partial charge in [0.25, 0.3) is 0 Å². The molecule has 2 fully saturated rings. The molecule has 1 N–H and O–H groups in total. The van der Waals surface area contributed by atoms with Gasteiger partial charge >= 0.3 is 11.9 Å². The summed E-state index contributed by atoms with van der Waals surface area (Å²) < 4.78 is 16.3. The average Bonchev–Trinajstić information content (AvgIpc) is 3.10. The molecule has 26 heavy (non-hydrogen) atoms. The SMILES string of the molecule is C[C@]12C[C@@H](c3ccoc3)OC(=O)C1=CC[C@@]1(C)[C@@H]2[C@@H]2C=C[C@@]1(O)C(=O)O2. The Morgan fingerprint density at radius 2 is 2.04 bits per heavy atom. The van der Waals surface area contributed by atoms with Crippen LogP contribution in [-0.4, -0.2) is 28.8 Å². The maximum absolute atomic E-state index is 12.8. The van der Waals surface area contributed by atoms with Crippen molar-refractivity contribution in [1.82, 2.24) is 0 Å². The van der Waals surface area contributed by atoms with E-state index in [-0.39, 0.29) is 11.9 Å². The molecular formula is C20H20O6. The highest BCUT2D eigenvalue weighted by molar-refractivity contribution is 5.92. The van der Waals surface area contributed by atoms with E-state index in [0.717, 1.165) is 5.56 Å². The normalized spacial score (nSPS) is 46.1. The summed E-state index contributed by atoms with van der Waals surface area (Å²) in [7, 11) is 0. The van der Waals surface area contributed by atoms with Gasteiger partial charge in [0.1, 0.15) is 12.2 Å². The van der Waals surface area contributed by atoms with Gasteiger partial charge in [0.05, 0.1) is 12.5 Å². The van der Waals surface area contributed by atoms with E-state index < -0.39 is 34.6 Å². The Labute approximate surface area is 150 Å². The van der Waals surface area contributed by atoms with Crippen LogP contribution in [0.4, 0.5) is 0 Å². The molecule has 136 valence electrons. The predicted octanol–water partition coefficient (Wildman–Crippen LogP) is 2.45. The van der Waals surface area contributed by atoms with Crippen LogP contribution < -0.4 is 0 Å². The van der Waals surface area contributed by atoms with E-state index in [1.165, 1.54) is 0 Å². The molecule has 1 aromatic rings. The predicted molar refractivity (Wildman–Crippen MR) is 88.5 cm³/mol. The van der Waals surface area contributed by atoms with Crippen molar-refractivity contribution in [3.8, 4) is 0 Å². The van der Waals surface area contributed by atoms with Crippen molar-refractivity contribution >= 4 is 11.9 Å². The van der Waals surface area contributed by atoms with Crippen molar-refractivity contribution in [2.45, 2.75) is 44.5 Å². The summed E-state index contributed by atoms with van der Waals surface area (Å²) >= 11 is 0. The molecule has 0 radical (unpaired) electrons. The second-order valence-corrected chi connectivity index (χ2v) is 8.28. The molecule has 0 spiro atoms. The van der Waals surface area contributed by atoms with Gasteiger partial charge in [0.2, 0.25) is 0 Å². The summed E-state index contributed by atoms with van der Waals surface area (Å²) in [6.45, 7) is 3.93. The third-order valence-corrected chi connectivity index (χ3v) is 6.99. The van der Waals surface area contributed by atoms with Crippen LogP contribution in [0.5, 0.6) is 0 Å². The molecule has 2 aliphatic carbocycles. The number of esters is 2. The molecule has 0 saturated carbocycles. The summed E-state index contributed by atoms with van der Waals surface area (Å²) in [5.41, 5.74) is -1.59. The number of cyclic esters (lactones) is 1. The maximum Gasteiger partial charge on any atom is 0.343 e. The summed E-state index contributed by atoms with van der Waals surface area (Å²) in [5.74, 6) is -1.17. The Morgan fingerprint density at radius 1 is 1.23 bits per heavy atom. The minimum absolute atomic E-state index is 0.218. The lowest BCUT2D eigenvalue weighted by Gasteiger charge is -2.63. The minimum Gasteiger partial charge on any atom is -0.472 e. The Bertz CT molecular complexity index is 867. The third kappa shape index (κ3) is 1.66. The van der Waals surface area contributed by atoms with Crippen molar-refractivity contribution in [3.63, 3.8) is 0 Å². The van der Waals surface area contributed by atoms with Gasteiger partial charge in [-0.2, -0.15) is 0 Å². The molecule has 4 heterocycles. The molecule has 6 atom stereocenters. The molecule has 6 heteroatoms. The smallest absolute Gasteiger partial charge is 0.343 e.